The molecule has 0 spiro atoms. The van der Waals surface area contributed by atoms with Crippen LogP contribution in [-0.2, 0) is 0 Å². The zero-order valence-electron chi connectivity index (χ0n) is 8.95. The van der Waals surface area contributed by atoms with Gasteiger partial charge in [0.25, 0.3) is 0 Å². The Labute approximate surface area is 102 Å². The first kappa shape index (κ1) is 10.3. The van der Waals surface area contributed by atoms with Gasteiger partial charge in [0.15, 0.2) is 10.5 Å². The molecule has 0 aliphatic carbocycles. The van der Waals surface area contributed by atoms with E-state index in [2.05, 4.69) is 15.0 Å². The van der Waals surface area contributed by atoms with E-state index in [0.717, 1.165) is 15.4 Å². The Morgan fingerprint density at radius 3 is 2.59 bits per heavy atom. The Balaban J connectivity index is 2.04. The van der Waals surface area contributed by atoms with E-state index in [9.17, 15) is 0 Å². The summed E-state index contributed by atoms with van der Waals surface area (Å²) in [6, 6.07) is 9.70. The molecule has 0 fully saturated rings. The van der Waals surface area contributed by atoms with Crippen LogP contribution >= 0.6 is 11.3 Å². The first-order chi connectivity index (χ1) is 8.34. The van der Waals surface area contributed by atoms with Gasteiger partial charge in [-0.3, -0.25) is 0 Å². The Kier molecular flexibility index (Phi) is 2.55. The van der Waals surface area contributed by atoms with Crippen molar-refractivity contribution in [1.82, 2.24) is 15.0 Å². The normalized spacial score (nSPS) is 12.8. The number of nitrogens with zero attached hydrogens (tertiary/aromatic N) is 3. The molecule has 0 radical (unpaired) electrons. The molecule has 0 saturated heterocycles. The van der Waals surface area contributed by atoms with Gasteiger partial charge in [0.05, 0.1) is 6.04 Å². The van der Waals surface area contributed by atoms with Crippen molar-refractivity contribution in [3.63, 3.8) is 0 Å². The fourth-order valence-electron chi connectivity index (χ4n) is 1.63. The van der Waals surface area contributed by atoms with Crippen LogP contribution in [0.5, 0.6) is 0 Å². The Morgan fingerprint density at radius 1 is 1.06 bits per heavy atom. The van der Waals surface area contributed by atoms with Gasteiger partial charge < -0.3 is 5.73 Å². The number of nitrogens with two attached hydrogens (primary N) is 1. The lowest BCUT2D eigenvalue weighted by molar-refractivity contribution is 0.860. The molecular formula is C12H10N4S. The number of fused-ring (bicyclic) bond motifs is 1. The van der Waals surface area contributed by atoms with Crippen LogP contribution in [0, 0.1) is 0 Å². The van der Waals surface area contributed by atoms with Gasteiger partial charge in [-0.2, -0.15) is 0 Å². The second-order valence-corrected chi connectivity index (χ2v) is 4.63. The van der Waals surface area contributed by atoms with Crippen molar-refractivity contribution in [2.24, 2.45) is 5.73 Å². The van der Waals surface area contributed by atoms with Crippen molar-refractivity contribution in [2.75, 3.05) is 0 Å². The van der Waals surface area contributed by atoms with Gasteiger partial charge in [0.2, 0.25) is 0 Å². The van der Waals surface area contributed by atoms with E-state index in [1.165, 1.54) is 11.3 Å². The first-order valence-corrected chi connectivity index (χ1v) is 6.04. The van der Waals surface area contributed by atoms with Crippen molar-refractivity contribution in [1.29, 1.82) is 0 Å². The van der Waals surface area contributed by atoms with E-state index in [-0.39, 0.29) is 6.04 Å². The highest BCUT2D eigenvalue weighted by atomic mass is 32.1. The van der Waals surface area contributed by atoms with Crippen LogP contribution in [0.1, 0.15) is 16.6 Å². The highest BCUT2D eigenvalue weighted by Gasteiger charge is 2.14. The van der Waals surface area contributed by atoms with Gasteiger partial charge in [0, 0.05) is 12.4 Å². The molecule has 1 unspecified atom stereocenters. The summed E-state index contributed by atoms with van der Waals surface area (Å²) in [6.07, 6.45) is 3.30. The van der Waals surface area contributed by atoms with Crippen LogP contribution in [0.3, 0.4) is 0 Å². The maximum atomic E-state index is 6.17. The van der Waals surface area contributed by atoms with E-state index < -0.39 is 0 Å². The number of aromatic nitrogens is 3. The number of rotatable bonds is 2. The Hall–Kier alpha value is -1.85. The van der Waals surface area contributed by atoms with E-state index in [0.29, 0.717) is 5.65 Å². The second kappa shape index (κ2) is 4.20. The van der Waals surface area contributed by atoms with Crippen molar-refractivity contribution in [3.05, 3.63) is 53.3 Å². The van der Waals surface area contributed by atoms with Crippen LogP contribution in [0.4, 0.5) is 0 Å². The third kappa shape index (κ3) is 1.90. The summed E-state index contributed by atoms with van der Waals surface area (Å²) < 4.78 is 0. The molecule has 5 heteroatoms. The fraction of sp³-hybridized carbons (Fsp3) is 0.0833. The molecule has 4 nitrogen and oxygen atoms in total. The maximum Gasteiger partial charge on any atom is 0.189 e. The van der Waals surface area contributed by atoms with Crippen molar-refractivity contribution < 1.29 is 0 Å². The van der Waals surface area contributed by atoms with Crippen LogP contribution in [0.15, 0.2) is 42.7 Å². The molecule has 3 aromatic rings. The molecule has 0 saturated carbocycles. The van der Waals surface area contributed by atoms with E-state index in [1.54, 1.807) is 12.4 Å². The minimum absolute atomic E-state index is 0.211. The molecule has 3 rings (SSSR count). The van der Waals surface area contributed by atoms with Crippen LogP contribution in [-0.4, -0.2) is 15.0 Å². The second-order valence-electron chi connectivity index (χ2n) is 3.63. The van der Waals surface area contributed by atoms with Gasteiger partial charge in [0.1, 0.15) is 5.01 Å². The molecule has 0 bridgehead atoms. The average molecular weight is 242 g/mol. The van der Waals surface area contributed by atoms with Gasteiger partial charge >= 0.3 is 0 Å². The highest BCUT2D eigenvalue weighted by Crippen LogP contribution is 2.26. The first-order valence-electron chi connectivity index (χ1n) is 5.22. The minimum Gasteiger partial charge on any atom is -0.318 e. The molecule has 1 atom stereocenters. The summed E-state index contributed by atoms with van der Waals surface area (Å²) in [7, 11) is 0. The van der Waals surface area contributed by atoms with Crippen molar-refractivity contribution >= 4 is 21.8 Å². The number of hydrogen-bond donors (Lipinski definition) is 1. The molecule has 0 amide bonds. The molecule has 0 aliphatic heterocycles. The summed E-state index contributed by atoms with van der Waals surface area (Å²) in [6.45, 7) is 0. The zero-order valence-corrected chi connectivity index (χ0v) is 9.76. The predicted molar refractivity (Wildman–Crippen MR) is 67.7 cm³/mol. The van der Waals surface area contributed by atoms with Crippen LogP contribution in [0.2, 0.25) is 0 Å². The quantitative estimate of drug-likeness (QED) is 0.747. The highest BCUT2D eigenvalue weighted by molar-refractivity contribution is 7.18. The molecule has 0 aliphatic rings. The van der Waals surface area contributed by atoms with E-state index in [1.807, 2.05) is 30.3 Å². The topological polar surface area (TPSA) is 64.7 Å². The van der Waals surface area contributed by atoms with Crippen LogP contribution in [0.25, 0.3) is 10.5 Å². The molecule has 17 heavy (non-hydrogen) atoms. The molecule has 2 heterocycles. The summed E-state index contributed by atoms with van der Waals surface area (Å²) in [5.74, 6) is 0. The Bertz CT molecular complexity index is 602. The molecule has 1 aromatic carbocycles. The largest absolute Gasteiger partial charge is 0.318 e. The van der Waals surface area contributed by atoms with Crippen LogP contribution < -0.4 is 5.73 Å². The number of thiazole rings is 1. The molecule has 2 N–H and O–H groups in total. The summed E-state index contributed by atoms with van der Waals surface area (Å²) in [5, 5.41) is 0.845. The SMILES string of the molecule is NC(c1ccccc1)c1nc2nccnc2s1. The lowest BCUT2D eigenvalue weighted by Crippen LogP contribution is -2.11. The van der Waals surface area contributed by atoms with Gasteiger partial charge in [-0.1, -0.05) is 41.7 Å². The Morgan fingerprint density at radius 2 is 1.82 bits per heavy atom. The van der Waals surface area contributed by atoms with E-state index >= 15 is 0 Å². The average Bonchev–Trinajstić information content (AvgIpc) is 2.82. The maximum absolute atomic E-state index is 6.17. The van der Waals surface area contributed by atoms with Gasteiger partial charge in [-0.05, 0) is 5.56 Å². The summed E-state index contributed by atoms with van der Waals surface area (Å²) in [4.78, 5) is 13.6. The van der Waals surface area contributed by atoms with Gasteiger partial charge in [-0.15, -0.1) is 0 Å². The molecular weight excluding hydrogens is 232 g/mol. The third-order valence-corrected chi connectivity index (χ3v) is 3.52. The minimum atomic E-state index is -0.211. The molecule has 2 aromatic heterocycles. The zero-order chi connectivity index (χ0) is 11.7. The lowest BCUT2D eigenvalue weighted by Gasteiger charge is -2.07. The smallest absolute Gasteiger partial charge is 0.189 e. The van der Waals surface area contributed by atoms with Crippen molar-refractivity contribution in [2.45, 2.75) is 6.04 Å². The standard InChI is InChI=1S/C12H10N4S/c13-9(8-4-2-1-3-5-8)11-16-10-12(17-11)15-7-6-14-10/h1-7,9H,13H2. The lowest BCUT2D eigenvalue weighted by atomic mass is 10.1. The predicted octanol–water partition coefficient (Wildman–Crippen LogP) is 2.13. The fourth-order valence-corrected chi connectivity index (χ4v) is 2.53. The van der Waals surface area contributed by atoms with Gasteiger partial charge in [-0.25, -0.2) is 15.0 Å². The third-order valence-electron chi connectivity index (χ3n) is 2.49. The molecule has 84 valence electrons. The van der Waals surface area contributed by atoms with E-state index in [4.69, 9.17) is 5.73 Å². The number of hydrogen-bond acceptors (Lipinski definition) is 5. The summed E-state index contributed by atoms with van der Waals surface area (Å²) >= 11 is 1.49. The number of benzene rings is 1. The van der Waals surface area contributed by atoms with Crippen molar-refractivity contribution in [3.8, 4) is 0 Å². The summed E-state index contributed by atoms with van der Waals surface area (Å²) in [5.41, 5.74) is 7.89. The monoisotopic (exact) mass is 242 g/mol.